The van der Waals surface area contributed by atoms with E-state index in [-0.39, 0.29) is 18.3 Å². The zero-order chi connectivity index (χ0) is 23.2. The summed E-state index contributed by atoms with van der Waals surface area (Å²) in [4.78, 5) is 0. The highest BCUT2D eigenvalue weighted by atomic mass is 16.6. The Bertz CT molecular complexity index is 592. The molecule has 0 aliphatic heterocycles. The van der Waals surface area contributed by atoms with Crippen molar-refractivity contribution in [2.45, 2.75) is 103 Å². The highest BCUT2D eigenvalue weighted by Gasteiger charge is 2.47. The largest absolute Gasteiger partial charge is 0.497 e. The lowest BCUT2D eigenvalue weighted by atomic mass is 9.86. The fraction of sp³-hybridized carbons (Fsp3) is 0.769. The highest BCUT2D eigenvalue weighted by Crippen LogP contribution is 2.31. The summed E-state index contributed by atoms with van der Waals surface area (Å²) >= 11 is 0. The molecule has 1 aromatic rings. The normalized spacial score (nSPS) is 25.7. The van der Waals surface area contributed by atoms with E-state index in [9.17, 15) is 5.11 Å². The van der Waals surface area contributed by atoms with Gasteiger partial charge in [0.05, 0.1) is 25.9 Å². The first-order valence-corrected chi connectivity index (χ1v) is 12.4. The highest BCUT2D eigenvalue weighted by molar-refractivity contribution is 5.26. The number of aliphatic hydroxyl groups excluding tert-OH is 1. The summed E-state index contributed by atoms with van der Waals surface area (Å²) in [5, 5.41) is 11.0. The molecule has 5 atom stereocenters. The van der Waals surface area contributed by atoms with Crippen LogP contribution in [0.5, 0.6) is 5.75 Å². The maximum absolute atomic E-state index is 11.0. The predicted molar refractivity (Wildman–Crippen MR) is 126 cm³/mol. The van der Waals surface area contributed by atoms with Gasteiger partial charge >= 0.3 is 0 Å². The third-order valence-electron chi connectivity index (χ3n) is 5.91. The molecule has 0 bridgehead atoms. The maximum atomic E-state index is 11.0. The molecule has 184 valence electrons. The Morgan fingerprint density at radius 2 is 1.31 bits per heavy atom. The fourth-order valence-corrected chi connectivity index (χ4v) is 3.91. The third kappa shape index (κ3) is 8.64. The zero-order valence-corrected chi connectivity index (χ0v) is 20.5. The predicted octanol–water partition coefficient (Wildman–Crippen LogP) is 4.90. The fourth-order valence-electron chi connectivity index (χ4n) is 3.91. The van der Waals surface area contributed by atoms with E-state index >= 15 is 0 Å². The van der Waals surface area contributed by atoms with Gasteiger partial charge in [-0.1, -0.05) is 52.2 Å². The average molecular weight is 453 g/mol. The third-order valence-corrected chi connectivity index (χ3v) is 5.91. The van der Waals surface area contributed by atoms with Crippen LogP contribution < -0.4 is 4.74 Å². The Morgan fingerprint density at radius 3 is 1.88 bits per heavy atom. The molecule has 0 aromatic heterocycles. The van der Waals surface area contributed by atoms with Crippen molar-refractivity contribution in [3.05, 3.63) is 29.8 Å². The van der Waals surface area contributed by atoms with Crippen LogP contribution in [0.25, 0.3) is 0 Å². The number of hydrogen-bond donors (Lipinski definition) is 1. The molecule has 0 amide bonds. The molecule has 1 aliphatic carbocycles. The van der Waals surface area contributed by atoms with Gasteiger partial charge < -0.3 is 28.8 Å². The molecule has 1 N–H and O–H groups in total. The van der Waals surface area contributed by atoms with E-state index in [2.05, 4.69) is 20.8 Å². The molecule has 0 heterocycles. The molecular weight excluding hydrogens is 408 g/mol. The summed E-state index contributed by atoms with van der Waals surface area (Å²) in [5.74, 6) is 0.809. The van der Waals surface area contributed by atoms with E-state index < -0.39 is 12.2 Å². The molecule has 32 heavy (non-hydrogen) atoms. The Hall–Kier alpha value is -1.18. The SMILES string of the molecule is CCCCOC1C(OCc2ccc(OC)cc2)[C@H](O)C[C@@H](OCCCC)C1OCCCC. The lowest BCUT2D eigenvalue weighted by molar-refractivity contribution is -0.234. The molecule has 1 saturated carbocycles. The first-order chi connectivity index (χ1) is 15.6. The van der Waals surface area contributed by atoms with Crippen molar-refractivity contribution in [2.24, 2.45) is 0 Å². The van der Waals surface area contributed by atoms with Crippen molar-refractivity contribution in [1.82, 2.24) is 0 Å². The number of unbranched alkanes of at least 4 members (excludes halogenated alkanes) is 3. The van der Waals surface area contributed by atoms with Gasteiger partial charge in [-0.3, -0.25) is 0 Å². The number of hydrogen-bond acceptors (Lipinski definition) is 6. The van der Waals surface area contributed by atoms with Crippen LogP contribution in [-0.4, -0.2) is 62.6 Å². The van der Waals surface area contributed by atoms with Gasteiger partial charge in [0.1, 0.15) is 24.1 Å². The molecule has 1 fully saturated rings. The minimum absolute atomic E-state index is 0.194. The number of rotatable bonds is 16. The van der Waals surface area contributed by atoms with Crippen LogP contribution >= 0.6 is 0 Å². The van der Waals surface area contributed by atoms with Gasteiger partial charge in [-0.15, -0.1) is 0 Å². The van der Waals surface area contributed by atoms with E-state index in [1.165, 1.54) is 0 Å². The lowest BCUT2D eigenvalue weighted by Crippen LogP contribution is -2.59. The second-order valence-electron chi connectivity index (χ2n) is 8.57. The Labute approximate surface area is 194 Å². The van der Waals surface area contributed by atoms with Gasteiger partial charge in [-0.2, -0.15) is 0 Å². The van der Waals surface area contributed by atoms with Crippen LogP contribution in [0.2, 0.25) is 0 Å². The smallest absolute Gasteiger partial charge is 0.118 e. The topological polar surface area (TPSA) is 66.4 Å². The van der Waals surface area contributed by atoms with Gasteiger partial charge in [-0.25, -0.2) is 0 Å². The van der Waals surface area contributed by atoms with Crippen LogP contribution in [-0.2, 0) is 25.6 Å². The minimum atomic E-state index is -0.669. The van der Waals surface area contributed by atoms with Crippen LogP contribution in [0.3, 0.4) is 0 Å². The molecule has 0 radical (unpaired) electrons. The quantitative estimate of drug-likeness (QED) is 0.360. The average Bonchev–Trinajstić information content (AvgIpc) is 2.81. The molecule has 3 unspecified atom stereocenters. The van der Waals surface area contributed by atoms with Crippen molar-refractivity contribution >= 4 is 0 Å². The van der Waals surface area contributed by atoms with Crippen LogP contribution in [0.15, 0.2) is 24.3 Å². The molecule has 0 spiro atoms. The summed E-state index contributed by atoms with van der Waals surface area (Å²) in [6.07, 6.45) is 4.66. The summed E-state index contributed by atoms with van der Waals surface area (Å²) in [5.41, 5.74) is 1.02. The van der Waals surface area contributed by atoms with Crippen LogP contribution in [0, 0.1) is 0 Å². The molecule has 2 rings (SSSR count). The van der Waals surface area contributed by atoms with E-state index in [0.29, 0.717) is 32.8 Å². The Morgan fingerprint density at radius 1 is 0.750 bits per heavy atom. The molecule has 6 heteroatoms. The van der Waals surface area contributed by atoms with Gasteiger partial charge in [0.15, 0.2) is 0 Å². The maximum Gasteiger partial charge on any atom is 0.118 e. The van der Waals surface area contributed by atoms with E-state index in [1.807, 2.05) is 24.3 Å². The first-order valence-electron chi connectivity index (χ1n) is 12.4. The van der Waals surface area contributed by atoms with Gasteiger partial charge in [-0.05, 0) is 37.0 Å². The molecule has 1 aliphatic rings. The number of methoxy groups -OCH3 is 1. The molecular formula is C26H44O6. The second kappa shape index (κ2) is 15.6. The summed E-state index contributed by atoms with van der Waals surface area (Å²) in [6.45, 7) is 8.77. The van der Waals surface area contributed by atoms with Gasteiger partial charge in [0.2, 0.25) is 0 Å². The van der Waals surface area contributed by atoms with Crippen molar-refractivity contribution in [3.8, 4) is 5.75 Å². The standard InChI is InChI=1S/C26H44O6/c1-5-8-15-29-23-18-22(27)24(32-19-20-11-13-21(28-4)14-12-20)26(31-17-10-7-3)25(23)30-16-9-6-2/h11-14,22-27H,5-10,15-19H2,1-4H3/t22-,23-,24?,25?,26?/m1/s1. The van der Waals surface area contributed by atoms with Crippen molar-refractivity contribution in [2.75, 3.05) is 26.9 Å². The Kier molecular flexibility index (Phi) is 13.2. The van der Waals surface area contributed by atoms with Crippen molar-refractivity contribution < 1.29 is 28.8 Å². The lowest BCUT2D eigenvalue weighted by Gasteiger charge is -2.44. The zero-order valence-electron chi connectivity index (χ0n) is 20.5. The monoisotopic (exact) mass is 452 g/mol. The second-order valence-corrected chi connectivity index (χ2v) is 8.57. The van der Waals surface area contributed by atoms with E-state index in [1.54, 1.807) is 7.11 Å². The van der Waals surface area contributed by atoms with Crippen LogP contribution in [0.4, 0.5) is 0 Å². The van der Waals surface area contributed by atoms with Crippen LogP contribution in [0.1, 0.15) is 71.3 Å². The van der Waals surface area contributed by atoms with E-state index in [4.69, 9.17) is 23.7 Å². The number of aliphatic hydroxyl groups is 1. The summed E-state index contributed by atoms with van der Waals surface area (Å²) in [7, 11) is 1.65. The minimum Gasteiger partial charge on any atom is -0.497 e. The first kappa shape index (κ1) is 27.1. The summed E-state index contributed by atoms with van der Waals surface area (Å²) < 4.78 is 30.3. The summed E-state index contributed by atoms with van der Waals surface area (Å²) in [6, 6.07) is 7.79. The number of benzene rings is 1. The number of ether oxygens (including phenoxy) is 5. The van der Waals surface area contributed by atoms with Crippen molar-refractivity contribution in [1.29, 1.82) is 0 Å². The molecule has 6 nitrogen and oxygen atoms in total. The van der Waals surface area contributed by atoms with Gasteiger partial charge in [0.25, 0.3) is 0 Å². The van der Waals surface area contributed by atoms with Gasteiger partial charge in [0, 0.05) is 26.2 Å². The van der Waals surface area contributed by atoms with E-state index in [0.717, 1.165) is 49.8 Å². The van der Waals surface area contributed by atoms with Crippen molar-refractivity contribution in [3.63, 3.8) is 0 Å². The Balaban J connectivity index is 2.13. The molecule has 0 saturated heterocycles. The molecule has 1 aromatic carbocycles.